The Morgan fingerprint density at radius 3 is 2.81 bits per heavy atom. The molecular formula is C11H14BrNO2S. The van der Waals surface area contributed by atoms with Crippen LogP contribution in [-0.4, -0.2) is 30.9 Å². The summed E-state index contributed by atoms with van der Waals surface area (Å²) in [6.45, 7) is 2.03. The van der Waals surface area contributed by atoms with Gasteiger partial charge in [-0.25, -0.2) is 5.06 Å². The molecule has 0 fully saturated rings. The SMILES string of the molecule is CON(C)C(=O)CSc1ccc(Br)cc1C. The lowest BCUT2D eigenvalue weighted by Crippen LogP contribution is -2.26. The van der Waals surface area contributed by atoms with Crippen molar-refractivity contribution in [3.63, 3.8) is 0 Å². The molecule has 1 amide bonds. The molecule has 16 heavy (non-hydrogen) atoms. The molecule has 0 atom stereocenters. The summed E-state index contributed by atoms with van der Waals surface area (Å²) in [5.74, 6) is 0.335. The van der Waals surface area contributed by atoms with Gasteiger partial charge in [-0.1, -0.05) is 15.9 Å². The molecule has 88 valence electrons. The highest BCUT2D eigenvalue weighted by Gasteiger charge is 2.09. The molecule has 0 saturated carbocycles. The molecule has 0 N–H and O–H groups in total. The lowest BCUT2D eigenvalue weighted by molar-refractivity contribution is -0.165. The fraction of sp³-hybridized carbons (Fsp3) is 0.364. The van der Waals surface area contributed by atoms with Crippen LogP contribution in [0.3, 0.4) is 0 Å². The Bertz CT molecular complexity index is 384. The Labute approximate surface area is 108 Å². The number of thioether (sulfide) groups is 1. The average Bonchev–Trinajstić information content (AvgIpc) is 2.26. The van der Waals surface area contributed by atoms with E-state index in [-0.39, 0.29) is 5.91 Å². The summed E-state index contributed by atoms with van der Waals surface area (Å²) >= 11 is 4.92. The van der Waals surface area contributed by atoms with Crippen LogP contribution in [0.2, 0.25) is 0 Å². The molecule has 0 unspecified atom stereocenters. The van der Waals surface area contributed by atoms with E-state index in [0.717, 1.165) is 14.9 Å². The van der Waals surface area contributed by atoms with Gasteiger partial charge in [0.1, 0.15) is 0 Å². The number of nitrogens with zero attached hydrogens (tertiary/aromatic N) is 1. The maximum atomic E-state index is 11.5. The minimum atomic E-state index is -0.0465. The van der Waals surface area contributed by atoms with E-state index < -0.39 is 0 Å². The van der Waals surface area contributed by atoms with Gasteiger partial charge < -0.3 is 0 Å². The molecule has 0 aliphatic carbocycles. The molecule has 5 heteroatoms. The molecule has 1 aromatic rings. The molecule has 0 aliphatic heterocycles. The largest absolute Gasteiger partial charge is 0.275 e. The van der Waals surface area contributed by atoms with Crippen LogP contribution in [0.4, 0.5) is 0 Å². The number of halogens is 1. The molecule has 3 nitrogen and oxygen atoms in total. The van der Waals surface area contributed by atoms with E-state index in [4.69, 9.17) is 4.84 Å². The molecule has 0 aromatic heterocycles. The highest BCUT2D eigenvalue weighted by molar-refractivity contribution is 9.10. The Balaban J connectivity index is 2.58. The van der Waals surface area contributed by atoms with Crippen LogP contribution in [0.25, 0.3) is 0 Å². The summed E-state index contributed by atoms with van der Waals surface area (Å²) in [4.78, 5) is 17.4. The van der Waals surface area contributed by atoms with Crippen molar-refractivity contribution < 1.29 is 9.63 Å². The number of amides is 1. The number of hydrogen-bond acceptors (Lipinski definition) is 3. The number of hydroxylamine groups is 2. The fourth-order valence-electron chi connectivity index (χ4n) is 1.11. The summed E-state index contributed by atoms with van der Waals surface area (Å²) < 4.78 is 1.05. The highest BCUT2D eigenvalue weighted by Crippen LogP contribution is 2.25. The first kappa shape index (κ1) is 13.5. The first-order valence-corrected chi connectivity index (χ1v) is 6.52. The van der Waals surface area contributed by atoms with Crippen LogP contribution in [0.5, 0.6) is 0 Å². The Morgan fingerprint density at radius 2 is 2.25 bits per heavy atom. The molecular weight excluding hydrogens is 290 g/mol. The first-order chi connectivity index (χ1) is 7.54. The van der Waals surface area contributed by atoms with Crippen LogP contribution in [0, 0.1) is 6.92 Å². The van der Waals surface area contributed by atoms with Gasteiger partial charge in [-0.15, -0.1) is 11.8 Å². The Morgan fingerprint density at radius 1 is 1.56 bits per heavy atom. The van der Waals surface area contributed by atoms with E-state index in [1.165, 1.54) is 23.9 Å². The third-order valence-corrected chi connectivity index (χ3v) is 3.77. The fourth-order valence-corrected chi connectivity index (χ4v) is 2.49. The van der Waals surface area contributed by atoms with Gasteiger partial charge in [-0.2, -0.15) is 0 Å². The molecule has 0 saturated heterocycles. The topological polar surface area (TPSA) is 29.5 Å². The minimum Gasteiger partial charge on any atom is -0.275 e. The van der Waals surface area contributed by atoms with Crippen molar-refractivity contribution in [3.05, 3.63) is 28.2 Å². The van der Waals surface area contributed by atoms with Crippen LogP contribution in [0.1, 0.15) is 5.56 Å². The quantitative estimate of drug-likeness (QED) is 0.633. The van der Waals surface area contributed by atoms with Gasteiger partial charge in [0.15, 0.2) is 0 Å². The van der Waals surface area contributed by atoms with Crippen molar-refractivity contribution in [2.75, 3.05) is 19.9 Å². The van der Waals surface area contributed by atoms with Crippen LogP contribution in [0.15, 0.2) is 27.6 Å². The van der Waals surface area contributed by atoms with E-state index in [2.05, 4.69) is 15.9 Å². The van der Waals surface area contributed by atoms with Crippen molar-refractivity contribution in [1.29, 1.82) is 0 Å². The second kappa shape index (κ2) is 6.27. The number of rotatable bonds is 4. The molecule has 1 aromatic carbocycles. The maximum Gasteiger partial charge on any atom is 0.256 e. The van der Waals surface area contributed by atoms with Crippen LogP contribution in [-0.2, 0) is 9.63 Å². The normalized spacial score (nSPS) is 10.2. The zero-order chi connectivity index (χ0) is 12.1. The Hall–Kier alpha value is -0.520. The summed E-state index contributed by atoms with van der Waals surface area (Å²) in [7, 11) is 3.09. The lowest BCUT2D eigenvalue weighted by Gasteiger charge is -2.13. The van der Waals surface area contributed by atoms with E-state index >= 15 is 0 Å². The lowest BCUT2D eigenvalue weighted by atomic mass is 10.2. The van der Waals surface area contributed by atoms with Gasteiger partial charge in [0.05, 0.1) is 12.9 Å². The minimum absolute atomic E-state index is 0.0465. The summed E-state index contributed by atoms with van der Waals surface area (Å²) in [6, 6.07) is 6.01. The van der Waals surface area contributed by atoms with Crippen LogP contribution >= 0.6 is 27.7 Å². The van der Waals surface area contributed by atoms with Crippen molar-refractivity contribution in [3.8, 4) is 0 Å². The van der Waals surface area contributed by atoms with Gasteiger partial charge in [-0.05, 0) is 30.7 Å². The summed E-state index contributed by atoms with van der Waals surface area (Å²) in [5.41, 5.74) is 1.16. The molecule has 0 heterocycles. The van der Waals surface area contributed by atoms with Crippen molar-refractivity contribution >= 4 is 33.6 Å². The number of carbonyl (C=O) groups is 1. The zero-order valence-electron chi connectivity index (χ0n) is 9.49. The number of aryl methyl sites for hydroxylation is 1. The number of hydrogen-bond donors (Lipinski definition) is 0. The van der Waals surface area contributed by atoms with E-state index in [0.29, 0.717) is 5.75 Å². The smallest absolute Gasteiger partial charge is 0.256 e. The molecule has 0 spiro atoms. The van der Waals surface area contributed by atoms with Gasteiger partial charge in [0.25, 0.3) is 5.91 Å². The van der Waals surface area contributed by atoms with Crippen molar-refractivity contribution in [2.24, 2.45) is 0 Å². The highest BCUT2D eigenvalue weighted by atomic mass is 79.9. The second-order valence-electron chi connectivity index (χ2n) is 3.27. The van der Waals surface area contributed by atoms with Crippen molar-refractivity contribution in [2.45, 2.75) is 11.8 Å². The van der Waals surface area contributed by atoms with Gasteiger partial charge in [0.2, 0.25) is 0 Å². The van der Waals surface area contributed by atoms with E-state index in [1.54, 1.807) is 7.05 Å². The molecule has 0 aliphatic rings. The summed E-state index contributed by atoms with van der Waals surface area (Å²) in [6.07, 6.45) is 0. The standard InChI is InChI=1S/C11H14BrNO2S/c1-8-6-9(12)4-5-10(8)16-7-11(14)13(2)15-3/h4-6H,7H2,1-3H3. The maximum absolute atomic E-state index is 11.5. The second-order valence-corrected chi connectivity index (χ2v) is 5.21. The zero-order valence-corrected chi connectivity index (χ0v) is 11.9. The van der Waals surface area contributed by atoms with E-state index in [9.17, 15) is 4.79 Å². The predicted molar refractivity (Wildman–Crippen MR) is 69.4 cm³/mol. The monoisotopic (exact) mass is 303 g/mol. The molecule has 1 rings (SSSR count). The van der Waals surface area contributed by atoms with Gasteiger partial charge >= 0.3 is 0 Å². The van der Waals surface area contributed by atoms with Crippen molar-refractivity contribution in [1.82, 2.24) is 5.06 Å². The average molecular weight is 304 g/mol. The predicted octanol–water partition coefficient (Wildman–Crippen LogP) is 2.87. The van der Waals surface area contributed by atoms with Crippen LogP contribution < -0.4 is 0 Å². The van der Waals surface area contributed by atoms with Gasteiger partial charge in [-0.3, -0.25) is 9.63 Å². The molecule has 0 radical (unpaired) electrons. The third kappa shape index (κ3) is 3.81. The number of benzene rings is 1. The third-order valence-electron chi connectivity index (χ3n) is 2.11. The molecule has 0 bridgehead atoms. The van der Waals surface area contributed by atoms with E-state index in [1.807, 2.05) is 25.1 Å². The summed E-state index contributed by atoms with van der Waals surface area (Å²) in [5, 5.41) is 1.24. The first-order valence-electron chi connectivity index (χ1n) is 4.74. The van der Waals surface area contributed by atoms with Gasteiger partial charge in [0, 0.05) is 16.4 Å². The number of carbonyl (C=O) groups excluding carboxylic acids is 1. The Kier molecular flexibility index (Phi) is 5.31.